The predicted molar refractivity (Wildman–Crippen MR) is 103 cm³/mol. The number of aromatic nitrogens is 6. The summed E-state index contributed by atoms with van der Waals surface area (Å²) in [4.78, 5) is 17.5. The Morgan fingerprint density at radius 3 is 2.86 bits per heavy atom. The topological polar surface area (TPSA) is 104 Å². The van der Waals surface area contributed by atoms with Gasteiger partial charge in [0.25, 0.3) is 11.6 Å². The Morgan fingerprint density at radius 1 is 1.36 bits per heavy atom. The third-order valence-corrected chi connectivity index (χ3v) is 4.47. The van der Waals surface area contributed by atoms with Crippen molar-refractivity contribution in [3.8, 4) is 11.3 Å². The van der Waals surface area contributed by atoms with Crippen LogP contribution in [0.3, 0.4) is 0 Å². The molecule has 28 heavy (non-hydrogen) atoms. The summed E-state index contributed by atoms with van der Waals surface area (Å²) in [5.74, 6) is -0.208. The number of amides is 1. The first-order valence-corrected chi connectivity index (χ1v) is 8.97. The summed E-state index contributed by atoms with van der Waals surface area (Å²) < 4.78 is 8.82. The molecule has 0 bridgehead atoms. The third kappa shape index (κ3) is 3.38. The van der Waals surface area contributed by atoms with Crippen LogP contribution in [0.25, 0.3) is 22.4 Å². The fourth-order valence-corrected chi connectivity index (χ4v) is 3.17. The smallest absolute Gasteiger partial charge is 0.259 e. The summed E-state index contributed by atoms with van der Waals surface area (Å²) in [6, 6.07) is 3.57. The molecule has 0 aliphatic rings. The second-order valence-corrected chi connectivity index (χ2v) is 6.96. The van der Waals surface area contributed by atoms with Crippen molar-refractivity contribution in [3.63, 3.8) is 0 Å². The lowest BCUT2D eigenvalue weighted by Crippen LogP contribution is -2.36. The Balaban J connectivity index is 1.66. The van der Waals surface area contributed by atoms with Gasteiger partial charge in [0.2, 0.25) is 0 Å². The van der Waals surface area contributed by atoms with E-state index in [-0.39, 0.29) is 11.9 Å². The van der Waals surface area contributed by atoms with Gasteiger partial charge in [0, 0.05) is 31.0 Å². The molecular weight excluding hydrogens is 358 g/mol. The van der Waals surface area contributed by atoms with E-state index in [0.717, 1.165) is 11.3 Å². The maximum Gasteiger partial charge on any atom is 0.259 e. The lowest BCUT2D eigenvalue weighted by molar-refractivity contribution is 0.0937. The molecular formula is C19H21N7O2. The normalized spacial score (nSPS) is 12.4. The highest BCUT2D eigenvalue weighted by molar-refractivity contribution is 6.07. The van der Waals surface area contributed by atoms with E-state index in [4.69, 9.17) is 4.52 Å². The van der Waals surface area contributed by atoms with Crippen LogP contribution in [0.4, 0.5) is 0 Å². The standard InChI is InChI=1S/C19H21N7O2/c1-11-5-6-26(23-11)9-12(2)21-18(27)15-7-16(14-8-20-25(4)10-14)22-19-17(15)13(3)24-28-19/h5-8,10,12H,9H2,1-4H3,(H,21,27)/t12-/m1/s1. The monoisotopic (exact) mass is 379 g/mol. The van der Waals surface area contributed by atoms with Gasteiger partial charge in [0.05, 0.1) is 40.8 Å². The Morgan fingerprint density at radius 2 is 2.18 bits per heavy atom. The highest BCUT2D eigenvalue weighted by Crippen LogP contribution is 2.26. The first-order valence-electron chi connectivity index (χ1n) is 8.97. The minimum Gasteiger partial charge on any atom is -0.348 e. The largest absolute Gasteiger partial charge is 0.348 e. The molecule has 4 heterocycles. The molecule has 0 saturated heterocycles. The van der Waals surface area contributed by atoms with Crippen molar-refractivity contribution in [2.24, 2.45) is 7.05 Å². The lowest BCUT2D eigenvalue weighted by atomic mass is 10.1. The molecule has 0 unspecified atom stereocenters. The number of aryl methyl sites for hydroxylation is 3. The Kier molecular flexibility index (Phi) is 4.42. The molecule has 4 aromatic rings. The first kappa shape index (κ1) is 17.9. The zero-order chi connectivity index (χ0) is 19.8. The molecule has 144 valence electrons. The number of carbonyl (C=O) groups excluding carboxylic acids is 1. The molecule has 1 atom stereocenters. The summed E-state index contributed by atoms with van der Waals surface area (Å²) in [6.45, 7) is 6.24. The third-order valence-electron chi connectivity index (χ3n) is 4.47. The van der Waals surface area contributed by atoms with E-state index in [9.17, 15) is 4.79 Å². The number of carbonyl (C=O) groups is 1. The van der Waals surface area contributed by atoms with Crippen LogP contribution in [0.2, 0.25) is 0 Å². The minimum absolute atomic E-state index is 0.114. The van der Waals surface area contributed by atoms with Gasteiger partial charge in [-0.2, -0.15) is 10.2 Å². The van der Waals surface area contributed by atoms with Gasteiger partial charge in [0.1, 0.15) is 0 Å². The molecule has 0 radical (unpaired) electrons. The lowest BCUT2D eigenvalue weighted by Gasteiger charge is -2.15. The fraction of sp³-hybridized carbons (Fsp3) is 0.316. The zero-order valence-electron chi connectivity index (χ0n) is 16.2. The number of hydrogen-bond acceptors (Lipinski definition) is 6. The summed E-state index contributed by atoms with van der Waals surface area (Å²) in [7, 11) is 1.83. The Bertz CT molecular complexity index is 1150. The van der Waals surface area contributed by atoms with Gasteiger partial charge >= 0.3 is 0 Å². The predicted octanol–water partition coefficient (Wildman–Crippen LogP) is 2.26. The zero-order valence-corrected chi connectivity index (χ0v) is 16.2. The SMILES string of the molecule is Cc1ccn(C[C@@H](C)NC(=O)c2cc(-c3cnn(C)c3)nc3onc(C)c23)n1. The molecule has 9 nitrogen and oxygen atoms in total. The van der Waals surface area contributed by atoms with E-state index >= 15 is 0 Å². The summed E-state index contributed by atoms with van der Waals surface area (Å²) >= 11 is 0. The highest BCUT2D eigenvalue weighted by atomic mass is 16.5. The molecule has 1 amide bonds. The van der Waals surface area contributed by atoms with Crippen LogP contribution in [-0.2, 0) is 13.6 Å². The second kappa shape index (κ2) is 6.91. The van der Waals surface area contributed by atoms with Crippen LogP contribution in [0.1, 0.15) is 28.7 Å². The quantitative estimate of drug-likeness (QED) is 0.570. The molecule has 4 rings (SSSR count). The molecule has 0 aromatic carbocycles. The molecule has 0 saturated carbocycles. The van der Waals surface area contributed by atoms with E-state index in [1.54, 1.807) is 23.9 Å². The second-order valence-electron chi connectivity index (χ2n) is 6.96. The van der Waals surface area contributed by atoms with Crippen LogP contribution in [-0.4, -0.2) is 41.7 Å². The van der Waals surface area contributed by atoms with Crippen molar-refractivity contribution in [1.82, 2.24) is 35.0 Å². The van der Waals surface area contributed by atoms with Crippen molar-refractivity contribution < 1.29 is 9.32 Å². The van der Waals surface area contributed by atoms with E-state index in [2.05, 4.69) is 25.7 Å². The minimum atomic E-state index is -0.208. The number of nitrogens with one attached hydrogen (secondary N) is 1. The Hall–Kier alpha value is -3.49. The van der Waals surface area contributed by atoms with Crippen LogP contribution in [0.15, 0.2) is 35.2 Å². The maximum atomic E-state index is 13.0. The van der Waals surface area contributed by atoms with Gasteiger partial charge in [-0.25, -0.2) is 4.98 Å². The fourth-order valence-electron chi connectivity index (χ4n) is 3.17. The van der Waals surface area contributed by atoms with Gasteiger partial charge in [-0.05, 0) is 32.9 Å². The molecule has 1 N–H and O–H groups in total. The van der Waals surface area contributed by atoms with Gasteiger partial charge in [-0.15, -0.1) is 0 Å². The van der Waals surface area contributed by atoms with Crippen molar-refractivity contribution in [2.75, 3.05) is 0 Å². The van der Waals surface area contributed by atoms with Gasteiger partial charge in [0.15, 0.2) is 0 Å². The Labute approximate surface area is 161 Å². The van der Waals surface area contributed by atoms with Crippen molar-refractivity contribution in [1.29, 1.82) is 0 Å². The highest BCUT2D eigenvalue weighted by Gasteiger charge is 2.21. The molecule has 9 heteroatoms. The van der Waals surface area contributed by atoms with Crippen LogP contribution >= 0.6 is 0 Å². The van der Waals surface area contributed by atoms with Crippen LogP contribution < -0.4 is 5.32 Å². The van der Waals surface area contributed by atoms with Crippen molar-refractivity contribution >= 4 is 17.0 Å². The number of fused-ring (bicyclic) bond motifs is 1. The molecule has 4 aromatic heterocycles. The number of nitrogens with zero attached hydrogens (tertiary/aromatic N) is 6. The number of pyridine rings is 1. The number of hydrogen-bond donors (Lipinski definition) is 1. The molecule has 0 aliphatic heterocycles. The van der Waals surface area contributed by atoms with Gasteiger partial charge in [-0.3, -0.25) is 14.2 Å². The first-order chi connectivity index (χ1) is 13.4. The molecule has 0 aliphatic carbocycles. The average Bonchev–Trinajstić information content (AvgIpc) is 3.35. The summed E-state index contributed by atoms with van der Waals surface area (Å²) in [5.41, 5.74) is 3.78. The summed E-state index contributed by atoms with van der Waals surface area (Å²) in [6.07, 6.45) is 5.43. The van der Waals surface area contributed by atoms with E-state index in [1.807, 2.05) is 44.0 Å². The molecule has 0 fully saturated rings. The number of rotatable bonds is 5. The molecule has 0 spiro atoms. The average molecular weight is 379 g/mol. The van der Waals surface area contributed by atoms with Gasteiger partial charge in [-0.1, -0.05) is 5.16 Å². The van der Waals surface area contributed by atoms with E-state index in [0.29, 0.717) is 34.6 Å². The maximum absolute atomic E-state index is 13.0. The van der Waals surface area contributed by atoms with Gasteiger partial charge < -0.3 is 9.84 Å². The summed E-state index contributed by atoms with van der Waals surface area (Å²) in [5, 5.41) is 16.2. The van der Waals surface area contributed by atoms with Crippen molar-refractivity contribution in [2.45, 2.75) is 33.4 Å². The van der Waals surface area contributed by atoms with E-state index in [1.165, 1.54) is 0 Å². The van der Waals surface area contributed by atoms with Crippen LogP contribution in [0, 0.1) is 13.8 Å². The van der Waals surface area contributed by atoms with Crippen LogP contribution in [0.5, 0.6) is 0 Å². The van der Waals surface area contributed by atoms with E-state index < -0.39 is 0 Å². The van der Waals surface area contributed by atoms with Crippen molar-refractivity contribution in [3.05, 3.63) is 47.7 Å².